The molecule has 62 valence electrons. The summed E-state index contributed by atoms with van der Waals surface area (Å²) in [5.74, 6) is 5.06. The smallest absolute Gasteiger partial charge is 0.0855 e. The fourth-order valence-corrected chi connectivity index (χ4v) is 1.14. The van der Waals surface area contributed by atoms with E-state index in [0.29, 0.717) is 0 Å². The van der Waals surface area contributed by atoms with E-state index in [0.717, 1.165) is 6.42 Å². The minimum atomic E-state index is -0.321. The Bertz CT molecular complexity index is 105. The molecule has 0 atom stereocenters. The SMILES string of the molecule is CC(C)(N)CC(C)(C)ON. The molecule has 10 heavy (non-hydrogen) atoms. The Kier molecular flexibility index (Phi) is 2.83. The van der Waals surface area contributed by atoms with E-state index in [4.69, 9.17) is 16.5 Å². The van der Waals surface area contributed by atoms with Crippen LogP contribution >= 0.6 is 0 Å². The van der Waals surface area contributed by atoms with Gasteiger partial charge in [-0.3, -0.25) is 4.84 Å². The van der Waals surface area contributed by atoms with Crippen molar-refractivity contribution in [3.63, 3.8) is 0 Å². The van der Waals surface area contributed by atoms with Gasteiger partial charge in [-0.2, -0.15) is 0 Å². The topological polar surface area (TPSA) is 61.3 Å². The van der Waals surface area contributed by atoms with Crippen molar-refractivity contribution in [2.75, 3.05) is 0 Å². The molecule has 0 aromatic carbocycles. The standard InChI is InChI=1S/C7H18N2O/c1-6(2,8)5-7(3,4)10-9/h5,8-9H2,1-4H3. The van der Waals surface area contributed by atoms with Crippen molar-refractivity contribution < 1.29 is 4.84 Å². The van der Waals surface area contributed by atoms with E-state index in [1.807, 2.05) is 27.7 Å². The predicted octanol–water partition coefficient (Wildman–Crippen LogP) is 0.783. The zero-order valence-electron chi connectivity index (χ0n) is 7.27. The highest BCUT2D eigenvalue weighted by molar-refractivity contribution is 4.82. The molecule has 3 nitrogen and oxygen atoms in total. The molecule has 0 saturated carbocycles. The fourth-order valence-electron chi connectivity index (χ4n) is 1.14. The third-order valence-corrected chi connectivity index (χ3v) is 1.20. The summed E-state index contributed by atoms with van der Waals surface area (Å²) in [5, 5.41) is 0. The van der Waals surface area contributed by atoms with Gasteiger partial charge in [0.25, 0.3) is 0 Å². The Labute approximate surface area is 62.7 Å². The van der Waals surface area contributed by atoms with E-state index in [2.05, 4.69) is 0 Å². The average Bonchev–Trinajstić information content (AvgIpc) is 1.60. The average molecular weight is 146 g/mol. The lowest BCUT2D eigenvalue weighted by Gasteiger charge is -2.29. The summed E-state index contributed by atoms with van der Waals surface area (Å²) in [4.78, 5) is 4.73. The Morgan fingerprint density at radius 2 is 1.60 bits per heavy atom. The van der Waals surface area contributed by atoms with Gasteiger partial charge < -0.3 is 5.73 Å². The Hall–Kier alpha value is -0.120. The Balaban J connectivity index is 3.89. The van der Waals surface area contributed by atoms with Gasteiger partial charge in [0.1, 0.15) is 0 Å². The largest absolute Gasteiger partial charge is 0.325 e. The summed E-state index contributed by atoms with van der Waals surface area (Å²) >= 11 is 0. The molecular weight excluding hydrogens is 128 g/mol. The van der Waals surface area contributed by atoms with Gasteiger partial charge >= 0.3 is 0 Å². The lowest BCUT2D eigenvalue weighted by atomic mass is 9.91. The summed E-state index contributed by atoms with van der Waals surface area (Å²) < 4.78 is 0. The van der Waals surface area contributed by atoms with Crippen molar-refractivity contribution >= 4 is 0 Å². The van der Waals surface area contributed by atoms with E-state index in [9.17, 15) is 0 Å². The number of hydrogen-bond donors (Lipinski definition) is 2. The first-order chi connectivity index (χ1) is 4.27. The maximum absolute atomic E-state index is 5.76. The van der Waals surface area contributed by atoms with Crippen LogP contribution < -0.4 is 11.6 Å². The monoisotopic (exact) mass is 146 g/mol. The van der Waals surface area contributed by atoms with E-state index < -0.39 is 0 Å². The first-order valence-corrected chi connectivity index (χ1v) is 3.44. The molecule has 0 heterocycles. The van der Waals surface area contributed by atoms with Gasteiger partial charge in [-0.05, 0) is 34.1 Å². The maximum atomic E-state index is 5.76. The maximum Gasteiger partial charge on any atom is 0.0855 e. The second-order valence-corrected chi connectivity index (χ2v) is 4.04. The number of nitrogens with two attached hydrogens (primary N) is 2. The molecule has 0 fully saturated rings. The van der Waals surface area contributed by atoms with Crippen molar-refractivity contribution in [3.05, 3.63) is 0 Å². The molecule has 0 aromatic rings. The van der Waals surface area contributed by atoms with Crippen LogP contribution in [-0.2, 0) is 4.84 Å². The molecule has 4 N–H and O–H groups in total. The van der Waals surface area contributed by atoms with Crippen molar-refractivity contribution in [3.8, 4) is 0 Å². The van der Waals surface area contributed by atoms with Crippen molar-refractivity contribution in [2.45, 2.75) is 45.3 Å². The molecule has 0 unspecified atom stereocenters. The van der Waals surface area contributed by atoms with Crippen LogP contribution in [0.4, 0.5) is 0 Å². The van der Waals surface area contributed by atoms with Crippen LogP contribution in [0.5, 0.6) is 0 Å². The number of hydrogen-bond acceptors (Lipinski definition) is 3. The van der Waals surface area contributed by atoms with E-state index in [-0.39, 0.29) is 11.1 Å². The quantitative estimate of drug-likeness (QED) is 0.578. The van der Waals surface area contributed by atoms with Gasteiger partial charge in [-0.15, -0.1) is 0 Å². The van der Waals surface area contributed by atoms with Crippen molar-refractivity contribution in [2.24, 2.45) is 11.6 Å². The van der Waals surface area contributed by atoms with Crippen LogP contribution in [0.25, 0.3) is 0 Å². The van der Waals surface area contributed by atoms with Gasteiger partial charge in [-0.25, -0.2) is 5.90 Å². The molecule has 0 spiro atoms. The summed E-state index contributed by atoms with van der Waals surface area (Å²) in [5.41, 5.74) is 5.22. The van der Waals surface area contributed by atoms with Gasteiger partial charge in [-0.1, -0.05) is 0 Å². The lowest BCUT2D eigenvalue weighted by molar-refractivity contribution is -0.0365. The van der Waals surface area contributed by atoms with E-state index in [1.165, 1.54) is 0 Å². The number of rotatable bonds is 3. The first kappa shape index (κ1) is 9.88. The van der Waals surface area contributed by atoms with E-state index >= 15 is 0 Å². The van der Waals surface area contributed by atoms with Gasteiger partial charge in [0, 0.05) is 5.54 Å². The van der Waals surface area contributed by atoms with Crippen LogP contribution in [0.2, 0.25) is 0 Å². The zero-order chi connectivity index (χ0) is 8.41. The van der Waals surface area contributed by atoms with Crippen molar-refractivity contribution in [1.29, 1.82) is 0 Å². The molecule has 0 aliphatic rings. The summed E-state index contributed by atoms with van der Waals surface area (Å²) in [6.45, 7) is 7.74. The fraction of sp³-hybridized carbons (Fsp3) is 1.00. The highest BCUT2D eigenvalue weighted by atomic mass is 16.6. The molecule has 0 aromatic heterocycles. The molecule has 3 heteroatoms. The van der Waals surface area contributed by atoms with Crippen LogP contribution in [0.3, 0.4) is 0 Å². The summed E-state index contributed by atoms with van der Waals surface area (Å²) in [6.07, 6.45) is 0.747. The molecule has 0 aliphatic heterocycles. The Morgan fingerprint density at radius 1 is 1.20 bits per heavy atom. The summed E-state index contributed by atoms with van der Waals surface area (Å²) in [6, 6.07) is 0. The van der Waals surface area contributed by atoms with Crippen molar-refractivity contribution in [1.82, 2.24) is 0 Å². The minimum absolute atomic E-state index is 0.219. The highest BCUT2D eigenvalue weighted by Crippen LogP contribution is 2.19. The van der Waals surface area contributed by atoms with E-state index in [1.54, 1.807) is 0 Å². The normalized spacial score (nSPS) is 13.8. The third kappa shape index (κ3) is 4.73. The molecule has 0 radical (unpaired) electrons. The van der Waals surface area contributed by atoms with Crippen LogP contribution in [0.15, 0.2) is 0 Å². The second-order valence-electron chi connectivity index (χ2n) is 4.04. The molecule has 0 bridgehead atoms. The third-order valence-electron chi connectivity index (χ3n) is 1.20. The van der Waals surface area contributed by atoms with Gasteiger partial charge in [0.05, 0.1) is 5.60 Å². The second kappa shape index (κ2) is 2.86. The van der Waals surface area contributed by atoms with Crippen LogP contribution in [0, 0.1) is 0 Å². The molecular formula is C7H18N2O. The molecule has 0 amide bonds. The summed E-state index contributed by atoms with van der Waals surface area (Å²) in [7, 11) is 0. The minimum Gasteiger partial charge on any atom is -0.325 e. The molecule has 0 saturated heterocycles. The van der Waals surface area contributed by atoms with Gasteiger partial charge in [0.2, 0.25) is 0 Å². The zero-order valence-corrected chi connectivity index (χ0v) is 7.27. The van der Waals surface area contributed by atoms with Gasteiger partial charge in [0.15, 0.2) is 0 Å². The lowest BCUT2D eigenvalue weighted by Crippen LogP contribution is -2.42. The highest BCUT2D eigenvalue weighted by Gasteiger charge is 2.25. The predicted molar refractivity (Wildman–Crippen MR) is 42.2 cm³/mol. The molecule has 0 aliphatic carbocycles. The first-order valence-electron chi connectivity index (χ1n) is 3.44. The Morgan fingerprint density at radius 3 is 1.70 bits per heavy atom. The van der Waals surface area contributed by atoms with Crippen LogP contribution in [-0.4, -0.2) is 11.1 Å². The molecule has 0 rings (SSSR count). The van der Waals surface area contributed by atoms with Crippen LogP contribution in [0.1, 0.15) is 34.1 Å².